The van der Waals surface area contributed by atoms with Crippen LogP contribution in [0.25, 0.3) is 0 Å². The highest BCUT2D eigenvalue weighted by Gasteiger charge is 2.31. The Balaban J connectivity index is 1.11. The molecule has 4 aliphatic heterocycles. The Hall–Kier alpha value is -2.58. The topological polar surface area (TPSA) is 72.2 Å². The standard InChI is InChI=1S/C48H72N6/c1-31-37-19-21-38(22-20-37)32(2)51-45-15-9-10-16-46(45)52-35(5)41-27-29-42(30-28-41)36(6)54-48-18-12-11-17-47(48)53-34(4)40-25-23-39(24-26-40)33(3)50-44-14-8-7-13-43(44)49-31/h19-36,43-54H,7-18H2,1-6H3/t31?,32?,33?,34?,35?,36?,43-,44-,45-,46-,47+,48+/m1/s1. The molecule has 3 aromatic carbocycles. The second kappa shape index (κ2) is 18.6. The minimum Gasteiger partial charge on any atom is -0.306 e. The molecule has 12 atom stereocenters. The molecule has 10 rings (SSSR count). The summed E-state index contributed by atoms with van der Waals surface area (Å²) >= 11 is 0. The second-order valence-electron chi connectivity index (χ2n) is 17.8. The molecular weight excluding hydrogens is 661 g/mol. The molecule has 3 saturated carbocycles. The van der Waals surface area contributed by atoms with Crippen LogP contribution in [0.1, 0.15) is 188 Å². The largest absolute Gasteiger partial charge is 0.306 e. The first-order chi connectivity index (χ1) is 26.2. The molecule has 0 aromatic heterocycles. The summed E-state index contributed by atoms with van der Waals surface area (Å²) in [6.07, 6.45) is 15.2. The first kappa shape index (κ1) is 39.6. The molecule has 0 saturated heterocycles. The molecule has 54 heavy (non-hydrogen) atoms. The predicted octanol–water partition coefficient (Wildman–Crippen LogP) is 9.94. The van der Waals surface area contributed by atoms with E-state index in [0.717, 1.165) is 0 Å². The summed E-state index contributed by atoms with van der Waals surface area (Å²) in [7, 11) is 0. The second-order valence-corrected chi connectivity index (χ2v) is 17.8. The molecule has 3 aromatic rings. The molecule has 3 fully saturated rings. The molecule has 6 unspecified atom stereocenters. The molecule has 7 aliphatic rings. The predicted molar refractivity (Wildman–Crippen MR) is 227 cm³/mol. The molecule has 6 bridgehead atoms. The van der Waals surface area contributed by atoms with E-state index in [0.29, 0.717) is 72.5 Å². The van der Waals surface area contributed by atoms with Crippen LogP contribution in [0, 0.1) is 0 Å². The fraction of sp³-hybridized carbons (Fsp3) is 0.625. The SMILES string of the molecule is CC1N[C@H]2CCCC[C@@H]2NC(C)c2ccc(cc2)C(C)N[C@@H]2CCCC[C@H]2NC(C)c2ccc(cc2)C(C)N[C@@H]2CCCC[C@H]2NC(C)c2ccc1cc2. The van der Waals surface area contributed by atoms with Crippen molar-refractivity contribution in [1.29, 1.82) is 0 Å². The maximum Gasteiger partial charge on any atom is 0.0295 e. The van der Waals surface area contributed by atoms with E-state index in [-0.39, 0.29) is 0 Å². The van der Waals surface area contributed by atoms with Gasteiger partial charge in [0.15, 0.2) is 0 Å². The lowest BCUT2D eigenvalue weighted by Gasteiger charge is -2.38. The lowest BCUT2D eigenvalue weighted by Crippen LogP contribution is -2.51. The van der Waals surface area contributed by atoms with E-state index in [2.05, 4.69) is 146 Å². The maximum absolute atomic E-state index is 4.07. The zero-order valence-electron chi connectivity index (χ0n) is 34.3. The van der Waals surface area contributed by atoms with Crippen molar-refractivity contribution in [3.05, 3.63) is 106 Å². The van der Waals surface area contributed by atoms with Gasteiger partial charge in [-0.25, -0.2) is 0 Å². The van der Waals surface area contributed by atoms with Crippen molar-refractivity contribution in [3.8, 4) is 0 Å². The van der Waals surface area contributed by atoms with Gasteiger partial charge in [0.1, 0.15) is 0 Å². The van der Waals surface area contributed by atoms with E-state index >= 15 is 0 Å². The van der Waals surface area contributed by atoms with E-state index in [1.165, 1.54) is 110 Å². The van der Waals surface area contributed by atoms with E-state index in [1.54, 1.807) is 0 Å². The minimum atomic E-state index is 0.309. The molecule has 3 aliphatic carbocycles. The first-order valence-corrected chi connectivity index (χ1v) is 22.1. The van der Waals surface area contributed by atoms with Crippen molar-refractivity contribution >= 4 is 0 Å². The Morgan fingerprint density at radius 1 is 0.259 bits per heavy atom. The van der Waals surface area contributed by atoms with E-state index in [4.69, 9.17) is 0 Å². The van der Waals surface area contributed by atoms with Gasteiger partial charge in [0.05, 0.1) is 0 Å². The number of fused-ring (bicyclic) bond motifs is 3. The van der Waals surface area contributed by atoms with Gasteiger partial charge in [-0.15, -0.1) is 0 Å². The summed E-state index contributed by atoms with van der Waals surface area (Å²) in [4.78, 5) is 0. The van der Waals surface area contributed by atoms with Gasteiger partial charge < -0.3 is 31.9 Å². The molecule has 6 heteroatoms. The van der Waals surface area contributed by atoms with Gasteiger partial charge in [0.2, 0.25) is 0 Å². The Kier molecular flexibility index (Phi) is 13.6. The van der Waals surface area contributed by atoms with Crippen LogP contribution in [0.4, 0.5) is 0 Å². The monoisotopic (exact) mass is 733 g/mol. The van der Waals surface area contributed by atoms with Crippen molar-refractivity contribution in [2.75, 3.05) is 0 Å². The lowest BCUT2D eigenvalue weighted by molar-refractivity contribution is 0.252. The van der Waals surface area contributed by atoms with Crippen molar-refractivity contribution in [3.63, 3.8) is 0 Å². The molecule has 4 heterocycles. The summed E-state index contributed by atoms with van der Waals surface area (Å²) in [5, 5.41) is 24.4. The molecule has 0 radical (unpaired) electrons. The van der Waals surface area contributed by atoms with E-state index < -0.39 is 0 Å². The first-order valence-electron chi connectivity index (χ1n) is 22.1. The van der Waals surface area contributed by atoms with Crippen molar-refractivity contribution < 1.29 is 0 Å². The van der Waals surface area contributed by atoms with Gasteiger partial charge in [-0.2, -0.15) is 0 Å². The molecule has 6 N–H and O–H groups in total. The Bertz CT molecular complexity index is 1270. The molecule has 0 amide bonds. The van der Waals surface area contributed by atoms with Crippen molar-refractivity contribution in [2.24, 2.45) is 0 Å². The number of nitrogens with one attached hydrogen (secondary N) is 6. The fourth-order valence-corrected chi connectivity index (χ4v) is 10.3. The molecule has 6 nitrogen and oxygen atoms in total. The Labute approximate surface area is 328 Å². The van der Waals surface area contributed by atoms with Crippen LogP contribution in [0.15, 0.2) is 72.8 Å². The maximum atomic E-state index is 4.07. The van der Waals surface area contributed by atoms with Gasteiger partial charge in [-0.1, -0.05) is 111 Å². The summed E-state index contributed by atoms with van der Waals surface area (Å²) in [5.74, 6) is 0. The zero-order chi connectivity index (χ0) is 37.6. The number of hydrogen-bond donors (Lipinski definition) is 6. The van der Waals surface area contributed by atoms with E-state index in [1.807, 2.05) is 0 Å². The van der Waals surface area contributed by atoms with Crippen molar-refractivity contribution in [2.45, 2.75) is 191 Å². The average molecular weight is 733 g/mol. The number of hydrogen-bond acceptors (Lipinski definition) is 6. The van der Waals surface area contributed by atoms with Gasteiger partial charge in [0, 0.05) is 72.5 Å². The lowest BCUT2D eigenvalue weighted by atomic mass is 9.87. The average Bonchev–Trinajstić information content (AvgIpc) is 3.19. The van der Waals surface area contributed by atoms with Crippen LogP contribution < -0.4 is 31.9 Å². The summed E-state index contributed by atoms with van der Waals surface area (Å²) < 4.78 is 0. The highest BCUT2D eigenvalue weighted by molar-refractivity contribution is 5.30. The zero-order valence-corrected chi connectivity index (χ0v) is 34.3. The molecular formula is C48H72N6. The van der Waals surface area contributed by atoms with Crippen LogP contribution in [0.3, 0.4) is 0 Å². The van der Waals surface area contributed by atoms with Crippen LogP contribution in [0.2, 0.25) is 0 Å². The van der Waals surface area contributed by atoms with Gasteiger partial charge in [-0.3, -0.25) is 0 Å². The quantitative estimate of drug-likeness (QED) is 0.138. The van der Waals surface area contributed by atoms with Gasteiger partial charge in [-0.05, 0) is 113 Å². The van der Waals surface area contributed by atoms with Crippen molar-refractivity contribution in [1.82, 2.24) is 31.9 Å². The van der Waals surface area contributed by atoms with E-state index in [9.17, 15) is 0 Å². The Morgan fingerprint density at radius 3 is 0.519 bits per heavy atom. The molecule has 0 spiro atoms. The van der Waals surface area contributed by atoms with Crippen LogP contribution in [-0.4, -0.2) is 36.3 Å². The smallest absolute Gasteiger partial charge is 0.0295 e. The summed E-state index contributed by atoms with van der Waals surface area (Å²) in [6, 6.07) is 33.0. The van der Waals surface area contributed by atoms with Crippen LogP contribution in [0.5, 0.6) is 0 Å². The molecule has 294 valence electrons. The highest BCUT2D eigenvalue weighted by Crippen LogP contribution is 2.30. The van der Waals surface area contributed by atoms with Crippen LogP contribution in [-0.2, 0) is 0 Å². The normalized spacial score (nSPS) is 36.1. The number of benzene rings is 3. The third-order valence-corrected chi connectivity index (χ3v) is 13.9. The van der Waals surface area contributed by atoms with Gasteiger partial charge in [0.25, 0.3) is 0 Å². The Morgan fingerprint density at radius 2 is 0.389 bits per heavy atom. The van der Waals surface area contributed by atoms with Gasteiger partial charge >= 0.3 is 0 Å². The fourth-order valence-electron chi connectivity index (χ4n) is 10.3. The summed E-state index contributed by atoms with van der Waals surface area (Å²) in [5.41, 5.74) is 8.27. The third kappa shape index (κ3) is 9.86. The third-order valence-electron chi connectivity index (χ3n) is 13.9. The summed E-state index contributed by atoms with van der Waals surface area (Å²) in [6.45, 7) is 14.1. The number of rotatable bonds is 0. The highest BCUT2D eigenvalue weighted by atomic mass is 15.1. The minimum absolute atomic E-state index is 0.309. The van der Waals surface area contributed by atoms with Crippen LogP contribution >= 0.6 is 0 Å².